The second-order valence-electron chi connectivity index (χ2n) is 5.27. The van der Waals surface area contributed by atoms with Crippen LogP contribution in [0.15, 0.2) is 12.7 Å². The number of aryl methyl sites for hydroxylation is 1. The lowest BCUT2D eigenvalue weighted by Crippen LogP contribution is -2.32. The third-order valence-electron chi connectivity index (χ3n) is 3.82. The summed E-state index contributed by atoms with van der Waals surface area (Å²) in [5.41, 5.74) is 0. The van der Waals surface area contributed by atoms with Crippen molar-refractivity contribution in [1.29, 1.82) is 0 Å². The average Bonchev–Trinajstić information content (AvgIpc) is 2.96. The van der Waals surface area contributed by atoms with Crippen molar-refractivity contribution in [2.24, 2.45) is 11.8 Å². The molecule has 1 amide bonds. The molecule has 2 N–H and O–H groups in total. The maximum atomic E-state index is 11.7. The minimum absolute atomic E-state index is 0.000794. The molecule has 1 aliphatic rings. The smallest absolute Gasteiger partial charge is 0.306 e. The van der Waals surface area contributed by atoms with E-state index >= 15 is 0 Å². The van der Waals surface area contributed by atoms with E-state index in [4.69, 9.17) is 5.11 Å². The van der Waals surface area contributed by atoms with Crippen molar-refractivity contribution in [2.45, 2.75) is 38.6 Å². The fourth-order valence-electron chi connectivity index (χ4n) is 2.52. The minimum Gasteiger partial charge on any atom is -0.481 e. The van der Waals surface area contributed by atoms with E-state index in [0.29, 0.717) is 25.4 Å². The van der Waals surface area contributed by atoms with Crippen LogP contribution < -0.4 is 5.32 Å². The largest absolute Gasteiger partial charge is 0.481 e. The zero-order chi connectivity index (χ0) is 14.4. The van der Waals surface area contributed by atoms with E-state index in [1.165, 1.54) is 6.33 Å². The minimum atomic E-state index is -0.694. The summed E-state index contributed by atoms with van der Waals surface area (Å²) in [5.74, 6) is -0.489. The molecule has 1 fully saturated rings. The third-order valence-corrected chi connectivity index (χ3v) is 3.82. The van der Waals surface area contributed by atoms with Gasteiger partial charge in [-0.1, -0.05) is 0 Å². The molecule has 0 aromatic carbocycles. The lowest BCUT2D eigenvalue weighted by molar-refractivity contribution is -0.143. The Balaban J connectivity index is 1.61. The van der Waals surface area contributed by atoms with Gasteiger partial charge in [0.15, 0.2) is 0 Å². The van der Waals surface area contributed by atoms with E-state index in [1.807, 2.05) is 0 Å². The number of carbonyl (C=O) groups excluding carboxylic acids is 1. The van der Waals surface area contributed by atoms with Gasteiger partial charge in [-0.15, -0.1) is 0 Å². The number of nitrogens with one attached hydrogen (secondary N) is 1. The van der Waals surface area contributed by atoms with Gasteiger partial charge in [0, 0.05) is 13.0 Å². The van der Waals surface area contributed by atoms with Crippen molar-refractivity contribution in [1.82, 2.24) is 20.1 Å². The van der Waals surface area contributed by atoms with Crippen LogP contribution >= 0.6 is 0 Å². The van der Waals surface area contributed by atoms with E-state index < -0.39 is 5.97 Å². The average molecular weight is 280 g/mol. The predicted octanol–water partition coefficient (Wildman–Crippen LogP) is 0.675. The SMILES string of the molecule is O=C(CCn1cncn1)NCC1CCC(C(=O)O)CC1. The van der Waals surface area contributed by atoms with Gasteiger partial charge in [0.1, 0.15) is 12.7 Å². The number of hydrogen-bond donors (Lipinski definition) is 2. The van der Waals surface area contributed by atoms with Crippen molar-refractivity contribution in [3.8, 4) is 0 Å². The zero-order valence-electron chi connectivity index (χ0n) is 11.4. The van der Waals surface area contributed by atoms with E-state index in [9.17, 15) is 9.59 Å². The van der Waals surface area contributed by atoms with Crippen molar-refractivity contribution in [3.05, 3.63) is 12.7 Å². The van der Waals surface area contributed by atoms with Crippen LogP contribution in [0.4, 0.5) is 0 Å². The fraction of sp³-hybridized carbons (Fsp3) is 0.692. The molecule has 1 aliphatic carbocycles. The summed E-state index contributed by atoms with van der Waals surface area (Å²) in [4.78, 5) is 26.3. The number of aliphatic carboxylic acids is 1. The summed E-state index contributed by atoms with van der Waals surface area (Å²) in [5, 5.41) is 15.8. The van der Waals surface area contributed by atoms with Gasteiger partial charge in [-0.05, 0) is 31.6 Å². The van der Waals surface area contributed by atoms with Crippen molar-refractivity contribution >= 4 is 11.9 Å². The quantitative estimate of drug-likeness (QED) is 0.798. The molecule has 0 radical (unpaired) electrons. The summed E-state index contributed by atoms with van der Waals surface area (Å²) in [6.45, 7) is 1.17. The molecule has 1 saturated carbocycles. The van der Waals surface area contributed by atoms with Crippen LogP contribution in [0, 0.1) is 11.8 Å². The first-order valence-electron chi connectivity index (χ1n) is 6.97. The van der Waals surface area contributed by atoms with Crippen LogP contribution in [0.5, 0.6) is 0 Å². The van der Waals surface area contributed by atoms with Crippen molar-refractivity contribution in [3.63, 3.8) is 0 Å². The molecule has 1 aromatic rings. The van der Waals surface area contributed by atoms with Crippen LogP contribution in [0.25, 0.3) is 0 Å². The predicted molar refractivity (Wildman–Crippen MR) is 70.7 cm³/mol. The van der Waals surface area contributed by atoms with Crippen LogP contribution in [0.2, 0.25) is 0 Å². The molecule has 0 saturated heterocycles. The number of amides is 1. The molecule has 110 valence electrons. The Morgan fingerprint density at radius 1 is 1.30 bits per heavy atom. The van der Waals surface area contributed by atoms with E-state index in [-0.39, 0.29) is 11.8 Å². The molecule has 0 unspecified atom stereocenters. The molecule has 1 heterocycles. The summed E-state index contributed by atoms with van der Waals surface area (Å²) >= 11 is 0. The standard InChI is InChI=1S/C13H20N4O3/c18-12(5-6-17-9-14-8-16-17)15-7-10-1-3-11(4-2-10)13(19)20/h8-11H,1-7H2,(H,15,18)(H,19,20). The Morgan fingerprint density at radius 2 is 2.05 bits per heavy atom. The van der Waals surface area contributed by atoms with Crippen LogP contribution in [-0.4, -0.2) is 38.3 Å². The normalized spacial score (nSPS) is 22.4. The molecule has 0 spiro atoms. The van der Waals surface area contributed by atoms with Gasteiger partial charge in [0.2, 0.25) is 5.91 Å². The van der Waals surface area contributed by atoms with Gasteiger partial charge in [-0.3, -0.25) is 14.3 Å². The fourth-order valence-corrected chi connectivity index (χ4v) is 2.52. The highest BCUT2D eigenvalue weighted by molar-refractivity contribution is 5.75. The number of carboxylic acids is 1. The molecule has 20 heavy (non-hydrogen) atoms. The molecule has 7 heteroatoms. The number of aromatic nitrogens is 3. The first kappa shape index (κ1) is 14.5. The molecule has 1 aromatic heterocycles. The van der Waals surface area contributed by atoms with Crippen LogP contribution in [0.1, 0.15) is 32.1 Å². The Bertz CT molecular complexity index is 438. The number of carboxylic acid groups (broad SMARTS) is 1. The van der Waals surface area contributed by atoms with E-state index in [0.717, 1.165) is 25.7 Å². The number of nitrogens with zero attached hydrogens (tertiary/aromatic N) is 3. The van der Waals surface area contributed by atoms with E-state index in [1.54, 1.807) is 11.0 Å². The molecular weight excluding hydrogens is 260 g/mol. The first-order valence-corrected chi connectivity index (χ1v) is 6.97. The van der Waals surface area contributed by atoms with Crippen LogP contribution in [0.3, 0.4) is 0 Å². The molecule has 7 nitrogen and oxygen atoms in total. The lowest BCUT2D eigenvalue weighted by Gasteiger charge is -2.26. The Hall–Kier alpha value is -1.92. The molecule has 0 aliphatic heterocycles. The zero-order valence-corrected chi connectivity index (χ0v) is 11.4. The number of carbonyl (C=O) groups is 2. The van der Waals surface area contributed by atoms with Crippen LogP contribution in [-0.2, 0) is 16.1 Å². The highest BCUT2D eigenvalue weighted by Crippen LogP contribution is 2.28. The summed E-state index contributed by atoms with van der Waals surface area (Å²) in [6, 6.07) is 0. The Kier molecular flexibility index (Phi) is 5.09. The topological polar surface area (TPSA) is 97.1 Å². The number of rotatable bonds is 6. The van der Waals surface area contributed by atoms with Gasteiger partial charge in [-0.2, -0.15) is 5.10 Å². The Labute approximate surface area is 117 Å². The Morgan fingerprint density at radius 3 is 2.65 bits per heavy atom. The van der Waals surface area contributed by atoms with E-state index in [2.05, 4.69) is 15.4 Å². The second-order valence-corrected chi connectivity index (χ2v) is 5.27. The summed E-state index contributed by atoms with van der Waals surface area (Å²) < 4.78 is 1.62. The van der Waals surface area contributed by atoms with Gasteiger partial charge in [0.25, 0.3) is 0 Å². The summed E-state index contributed by atoms with van der Waals surface area (Å²) in [6.07, 6.45) is 6.59. The number of hydrogen-bond acceptors (Lipinski definition) is 4. The van der Waals surface area contributed by atoms with Gasteiger partial charge in [-0.25, -0.2) is 4.98 Å². The maximum Gasteiger partial charge on any atom is 0.306 e. The second kappa shape index (κ2) is 7.02. The summed E-state index contributed by atoms with van der Waals surface area (Å²) in [7, 11) is 0. The highest BCUT2D eigenvalue weighted by Gasteiger charge is 2.25. The molecule has 0 atom stereocenters. The van der Waals surface area contributed by atoms with Gasteiger partial charge in [0.05, 0.1) is 12.5 Å². The van der Waals surface area contributed by atoms with Gasteiger partial charge < -0.3 is 10.4 Å². The molecule has 0 bridgehead atoms. The molecular formula is C13H20N4O3. The van der Waals surface area contributed by atoms with Crippen molar-refractivity contribution < 1.29 is 14.7 Å². The molecule has 2 rings (SSSR count). The maximum absolute atomic E-state index is 11.7. The van der Waals surface area contributed by atoms with Gasteiger partial charge >= 0.3 is 5.97 Å². The van der Waals surface area contributed by atoms with Crippen molar-refractivity contribution in [2.75, 3.05) is 6.54 Å². The monoisotopic (exact) mass is 280 g/mol. The third kappa shape index (κ3) is 4.32. The first-order chi connectivity index (χ1) is 9.65. The highest BCUT2D eigenvalue weighted by atomic mass is 16.4. The lowest BCUT2D eigenvalue weighted by atomic mass is 9.82.